The first kappa shape index (κ1) is 17.0. The minimum absolute atomic E-state index is 0.150. The van der Waals surface area contributed by atoms with Crippen molar-refractivity contribution in [2.75, 3.05) is 7.11 Å². The Morgan fingerprint density at radius 1 is 1.45 bits per heavy atom. The molecule has 0 bridgehead atoms. The molecule has 1 N–H and O–H groups in total. The van der Waals surface area contributed by atoms with Gasteiger partial charge in [0.25, 0.3) is 5.91 Å². The van der Waals surface area contributed by atoms with Gasteiger partial charge in [0.2, 0.25) is 0 Å². The number of methoxy groups -OCH3 is 1. The van der Waals surface area contributed by atoms with Crippen molar-refractivity contribution in [3.63, 3.8) is 0 Å². The second-order valence-electron chi connectivity index (χ2n) is 6.58. The molecule has 1 aromatic rings. The van der Waals surface area contributed by atoms with Gasteiger partial charge in [0.15, 0.2) is 0 Å². The average Bonchev–Trinajstić information content (AvgIpc) is 2.88. The first-order valence-corrected chi connectivity index (χ1v) is 8.78. The highest BCUT2D eigenvalue weighted by molar-refractivity contribution is 7.10. The molecule has 1 amide bonds. The molecule has 0 saturated carbocycles. The molecule has 0 fully saturated rings. The standard InChI is InChI=1S/C17H25NO3S/c1-10(2)7-14(17(20)21-4)18-16(19)13-9-22-15-8-11(3)5-6-12(13)15/h9-11,14H,5-8H2,1-4H3,(H,18,19)/t11-,14-/m0/s1. The number of carbonyl (C=O) groups is 2. The maximum absolute atomic E-state index is 12.6. The number of esters is 1. The van der Waals surface area contributed by atoms with Gasteiger partial charge < -0.3 is 10.1 Å². The molecule has 1 aliphatic rings. The second-order valence-corrected chi connectivity index (χ2v) is 7.54. The van der Waals surface area contributed by atoms with Crippen LogP contribution >= 0.6 is 11.3 Å². The topological polar surface area (TPSA) is 55.4 Å². The lowest BCUT2D eigenvalue weighted by Crippen LogP contribution is -2.42. The van der Waals surface area contributed by atoms with Gasteiger partial charge in [0.1, 0.15) is 6.04 Å². The predicted octanol–water partition coefficient (Wildman–Crippen LogP) is 3.19. The van der Waals surface area contributed by atoms with Crippen LogP contribution in [0.4, 0.5) is 0 Å². The van der Waals surface area contributed by atoms with E-state index in [-0.39, 0.29) is 11.9 Å². The fourth-order valence-electron chi connectivity index (χ4n) is 2.93. The van der Waals surface area contributed by atoms with Gasteiger partial charge >= 0.3 is 5.97 Å². The smallest absolute Gasteiger partial charge is 0.328 e. The van der Waals surface area contributed by atoms with Crippen LogP contribution in [0.15, 0.2) is 5.38 Å². The van der Waals surface area contributed by atoms with E-state index < -0.39 is 6.04 Å². The summed E-state index contributed by atoms with van der Waals surface area (Å²) in [6, 6.07) is -0.574. The summed E-state index contributed by atoms with van der Waals surface area (Å²) in [4.78, 5) is 25.7. The molecule has 0 aliphatic heterocycles. The van der Waals surface area contributed by atoms with Crippen LogP contribution < -0.4 is 5.32 Å². The number of thiophene rings is 1. The molecule has 0 saturated heterocycles. The number of ether oxygens (including phenoxy) is 1. The summed E-state index contributed by atoms with van der Waals surface area (Å²) >= 11 is 1.66. The molecule has 2 atom stereocenters. The second kappa shape index (κ2) is 7.27. The van der Waals surface area contributed by atoms with Crippen molar-refractivity contribution >= 4 is 23.2 Å². The van der Waals surface area contributed by atoms with Crippen molar-refractivity contribution in [3.05, 3.63) is 21.4 Å². The van der Waals surface area contributed by atoms with Crippen LogP contribution in [0, 0.1) is 11.8 Å². The molecular weight excluding hydrogens is 298 g/mol. The van der Waals surface area contributed by atoms with Crippen molar-refractivity contribution in [2.24, 2.45) is 11.8 Å². The number of hydrogen-bond donors (Lipinski definition) is 1. The number of carbonyl (C=O) groups excluding carboxylic acids is 2. The summed E-state index contributed by atoms with van der Waals surface area (Å²) in [6.45, 7) is 6.30. The monoisotopic (exact) mass is 323 g/mol. The molecular formula is C17H25NO3S. The molecule has 0 spiro atoms. The van der Waals surface area contributed by atoms with E-state index in [4.69, 9.17) is 4.74 Å². The van der Waals surface area contributed by atoms with Gasteiger partial charge in [-0.15, -0.1) is 11.3 Å². The summed E-state index contributed by atoms with van der Waals surface area (Å²) in [7, 11) is 1.36. The summed E-state index contributed by atoms with van der Waals surface area (Å²) in [5, 5.41) is 4.79. The van der Waals surface area contributed by atoms with E-state index in [0.29, 0.717) is 18.3 Å². The number of hydrogen-bond acceptors (Lipinski definition) is 4. The third-order valence-corrected chi connectivity index (χ3v) is 5.20. The normalized spacial score (nSPS) is 18.7. The van der Waals surface area contributed by atoms with Gasteiger partial charge in [-0.05, 0) is 43.1 Å². The molecule has 0 aromatic carbocycles. The summed E-state index contributed by atoms with van der Waals surface area (Å²) in [5.41, 5.74) is 1.92. The fourth-order valence-corrected chi connectivity index (χ4v) is 4.18. The zero-order valence-corrected chi connectivity index (χ0v) is 14.6. The number of rotatable bonds is 5. The first-order valence-electron chi connectivity index (χ1n) is 7.90. The van der Waals surface area contributed by atoms with Crippen LogP contribution in [0.5, 0.6) is 0 Å². The van der Waals surface area contributed by atoms with Gasteiger partial charge in [0, 0.05) is 10.3 Å². The predicted molar refractivity (Wildman–Crippen MR) is 88.2 cm³/mol. The third kappa shape index (κ3) is 3.88. The third-order valence-electron chi connectivity index (χ3n) is 4.14. The Balaban J connectivity index is 2.12. The average molecular weight is 323 g/mol. The molecule has 0 radical (unpaired) electrons. The van der Waals surface area contributed by atoms with Crippen molar-refractivity contribution in [2.45, 2.75) is 52.5 Å². The zero-order chi connectivity index (χ0) is 16.3. The minimum Gasteiger partial charge on any atom is -0.467 e. The largest absolute Gasteiger partial charge is 0.467 e. The van der Waals surface area contributed by atoms with Crippen LogP contribution in [0.2, 0.25) is 0 Å². The van der Waals surface area contributed by atoms with E-state index in [2.05, 4.69) is 12.2 Å². The van der Waals surface area contributed by atoms with Gasteiger partial charge in [0.05, 0.1) is 12.7 Å². The SMILES string of the molecule is COC(=O)[C@H](CC(C)C)NC(=O)c1csc2c1CC[C@H](C)C2. The van der Waals surface area contributed by atoms with Gasteiger partial charge in [-0.1, -0.05) is 20.8 Å². The summed E-state index contributed by atoms with van der Waals surface area (Å²) < 4.78 is 4.81. The van der Waals surface area contributed by atoms with Crippen LogP contribution in [0.1, 0.15) is 54.4 Å². The summed E-state index contributed by atoms with van der Waals surface area (Å²) in [6.07, 6.45) is 3.72. The molecule has 22 heavy (non-hydrogen) atoms. The first-order chi connectivity index (χ1) is 10.4. The Morgan fingerprint density at radius 2 is 2.18 bits per heavy atom. The van der Waals surface area contributed by atoms with Gasteiger partial charge in [-0.2, -0.15) is 0 Å². The van der Waals surface area contributed by atoms with Crippen molar-refractivity contribution in [1.82, 2.24) is 5.32 Å². The van der Waals surface area contributed by atoms with Crippen molar-refractivity contribution < 1.29 is 14.3 Å². The number of amides is 1. The van der Waals surface area contributed by atoms with Crippen LogP contribution in [-0.2, 0) is 22.4 Å². The minimum atomic E-state index is -0.574. The lowest BCUT2D eigenvalue weighted by atomic mass is 9.88. The highest BCUT2D eigenvalue weighted by Crippen LogP contribution is 2.32. The Hall–Kier alpha value is -1.36. The molecule has 1 aromatic heterocycles. The summed E-state index contributed by atoms with van der Waals surface area (Å²) in [5.74, 6) is 0.468. The quantitative estimate of drug-likeness (QED) is 0.847. The van der Waals surface area contributed by atoms with E-state index >= 15 is 0 Å². The molecule has 122 valence electrons. The van der Waals surface area contributed by atoms with E-state index in [0.717, 1.165) is 24.8 Å². The Bertz CT molecular complexity index is 550. The molecule has 1 heterocycles. The van der Waals surface area contributed by atoms with E-state index in [1.807, 2.05) is 19.2 Å². The molecule has 1 aliphatic carbocycles. The Morgan fingerprint density at radius 3 is 2.82 bits per heavy atom. The maximum Gasteiger partial charge on any atom is 0.328 e. The molecule has 2 rings (SSSR count). The highest BCUT2D eigenvalue weighted by atomic mass is 32.1. The maximum atomic E-state index is 12.6. The lowest BCUT2D eigenvalue weighted by Gasteiger charge is -2.21. The van der Waals surface area contributed by atoms with Gasteiger partial charge in [-0.3, -0.25) is 4.79 Å². The van der Waals surface area contributed by atoms with Gasteiger partial charge in [-0.25, -0.2) is 4.79 Å². The van der Waals surface area contributed by atoms with Crippen LogP contribution in [0.3, 0.4) is 0 Å². The Kier molecular flexibility index (Phi) is 5.62. The number of fused-ring (bicyclic) bond motifs is 1. The van der Waals surface area contributed by atoms with E-state index in [1.165, 1.54) is 17.6 Å². The molecule has 5 heteroatoms. The van der Waals surface area contributed by atoms with E-state index in [9.17, 15) is 9.59 Å². The van der Waals surface area contributed by atoms with E-state index in [1.54, 1.807) is 11.3 Å². The number of nitrogens with one attached hydrogen (secondary N) is 1. The van der Waals surface area contributed by atoms with Crippen LogP contribution in [0.25, 0.3) is 0 Å². The molecule has 0 unspecified atom stereocenters. The lowest BCUT2D eigenvalue weighted by molar-refractivity contribution is -0.143. The molecule has 4 nitrogen and oxygen atoms in total. The Labute approximate surface area is 136 Å². The fraction of sp³-hybridized carbons (Fsp3) is 0.647. The van der Waals surface area contributed by atoms with Crippen molar-refractivity contribution in [1.29, 1.82) is 0 Å². The zero-order valence-electron chi connectivity index (χ0n) is 13.8. The van der Waals surface area contributed by atoms with Crippen molar-refractivity contribution in [3.8, 4) is 0 Å². The highest BCUT2D eigenvalue weighted by Gasteiger charge is 2.27. The van der Waals surface area contributed by atoms with Crippen LogP contribution in [-0.4, -0.2) is 25.0 Å².